The third-order valence-electron chi connectivity index (χ3n) is 5.79. The standard InChI is InChI=1S/C19H33N5O2/c1-22-12-7-20-18(22)15-23-10-5-17(6-11-23)24-9-3-4-16(14-24)19(25)21-8-13-26-2/h7,12,16-17H,3-6,8-11,13-15H2,1-2H3,(H,21,25). The summed E-state index contributed by atoms with van der Waals surface area (Å²) in [4.78, 5) is 21.8. The molecule has 7 heteroatoms. The van der Waals surface area contributed by atoms with Crippen LogP contribution < -0.4 is 5.32 Å². The molecule has 1 amide bonds. The van der Waals surface area contributed by atoms with Gasteiger partial charge in [-0.05, 0) is 32.2 Å². The van der Waals surface area contributed by atoms with Crippen LogP contribution >= 0.6 is 0 Å². The van der Waals surface area contributed by atoms with Crippen LogP contribution in [-0.4, -0.2) is 77.7 Å². The lowest BCUT2D eigenvalue weighted by Gasteiger charge is -2.42. The van der Waals surface area contributed by atoms with E-state index in [9.17, 15) is 4.79 Å². The second kappa shape index (κ2) is 9.48. The average molecular weight is 364 g/mol. The van der Waals surface area contributed by atoms with Crippen molar-refractivity contribution >= 4 is 5.91 Å². The molecule has 2 saturated heterocycles. The fourth-order valence-electron chi connectivity index (χ4n) is 4.16. The number of carbonyl (C=O) groups is 1. The number of aryl methyl sites for hydroxylation is 1. The Morgan fingerprint density at radius 2 is 2.12 bits per heavy atom. The SMILES string of the molecule is COCCNC(=O)C1CCCN(C2CCN(Cc3nccn3C)CC2)C1. The van der Waals surface area contributed by atoms with Gasteiger partial charge in [0.1, 0.15) is 5.82 Å². The highest BCUT2D eigenvalue weighted by molar-refractivity contribution is 5.78. The Balaban J connectivity index is 1.43. The van der Waals surface area contributed by atoms with Crippen molar-refractivity contribution in [3.63, 3.8) is 0 Å². The monoisotopic (exact) mass is 363 g/mol. The van der Waals surface area contributed by atoms with Gasteiger partial charge in [-0.2, -0.15) is 0 Å². The van der Waals surface area contributed by atoms with E-state index in [2.05, 4.69) is 31.7 Å². The smallest absolute Gasteiger partial charge is 0.224 e. The first-order chi connectivity index (χ1) is 12.7. The predicted molar refractivity (Wildman–Crippen MR) is 101 cm³/mol. The lowest BCUT2D eigenvalue weighted by molar-refractivity contribution is -0.127. The van der Waals surface area contributed by atoms with Crippen molar-refractivity contribution in [1.82, 2.24) is 24.7 Å². The summed E-state index contributed by atoms with van der Waals surface area (Å²) < 4.78 is 7.12. The number of nitrogens with zero attached hydrogens (tertiary/aromatic N) is 4. The molecule has 1 aromatic heterocycles. The van der Waals surface area contributed by atoms with E-state index in [0.717, 1.165) is 51.4 Å². The Kier molecular flexibility index (Phi) is 7.05. The van der Waals surface area contributed by atoms with E-state index in [1.54, 1.807) is 7.11 Å². The van der Waals surface area contributed by atoms with Gasteiger partial charge in [0, 0.05) is 58.8 Å². The summed E-state index contributed by atoms with van der Waals surface area (Å²) >= 11 is 0. The summed E-state index contributed by atoms with van der Waals surface area (Å²) in [5, 5.41) is 3.01. The first kappa shape index (κ1) is 19.3. The number of methoxy groups -OCH3 is 1. The van der Waals surface area contributed by atoms with Gasteiger partial charge in [-0.25, -0.2) is 4.98 Å². The number of rotatable bonds is 7. The van der Waals surface area contributed by atoms with Crippen molar-refractivity contribution in [2.24, 2.45) is 13.0 Å². The largest absolute Gasteiger partial charge is 0.383 e. The summed E-state index contributed by atoms with van der Waals surface area (Å²) in [6.45, 7) is 6.38. The Bertz CT molecular complexity index is 568. The topological polar surface area (TPSA) is 62.6 Å². The third kappa shape index (κ3) is 5.05. The molecule has 146 valence electrons. The number of imidazole rings is 1. The summed E-state index contributed by atoms with van der Waals surface area (Å²) in [5.41, 5.74) is 0. The first-order valence-corrected chi connectivity index (χ1v) is 9.86. The second-order valence-corrected chi connectivity index (χ2v) is 7.58. The zero-order chi connectivity index (χ0) is 18.4. The van der Waals surface area contributed by atoms with Gasteiger partial charge in [0.15, 0.2) is 0 Å². The molecule has 0 aromatic carbocycles. The molecule has 3 heterocycles. The summed E-state index contributed by atoms with van der Waals surface area (Å²) in [5.74, 6) is 1.46. The normalized spacial score (nSPS) is 23.2. The lowest BCUT2D eigenvalue weighted by Crippen LogP contribution is -2.50. The Hall–Kier alpha value is -1.44. The van der Waals surface area contributed by atoms with Gasteiger partial charge in [-0.1, -0.05) is 0 Å². The molecule has 1 unspecified atom stereocenters. The molecule has 7 nitrogen and oxygen atoms in total. The Morgan fingerprint density at radius 3 is 2.81 bits per heavy atom. The maximum Gasteiger partial charge on any atom is 0.224 e. The van der Waals surface area contributed by atoms with Crippen LogP contribution in [0.25, 0.3) is 0 Å². The van der Waals surface area contributed by atoms with Crippen LogP contribution in [0.4, 0.5) is 0 Å². The first-order valence-electron chi connectivity index (χ1n) is 9.86. The Labute approximate surface area is 156 Å². The quantitative estimate of drug-likeness (QED) is 0.728. The van der Waals surface area contributed by atoms with Gasteiger partial charge >= 0.3 is 0 Å². The van der Waals surface area contributed by atoms with Gasteiger partial charge in [0.2, 0.25) is 5.91 Å². The molecular formula is C19H33N5O2. The van der Waals surface area contributed by atoms with Crippen LogP contribution in [0.2, 0.25) is 0 Å². The molecule has 1 aromatic rings. The number of aromatic nitrogens is 2. The molecule has 0 bridgehead atoms. The molecular weight excluding hydrogens is 330 g/mol. The molecule has 0 radical (unpaired) electrons. The van der Waals surface area contributed by atoms with Crippen LogP contribution in [-0.2, 0) is 23.1 Å². The zero-order valence-corrected chi connectivity index (χ0v) is 16.2. The lowest BCUT2D eigenvalue weighted by atomic mass is 9.93. The molecule has 2 aliphatic rings. The number of carbonyl (C=O) groups excluding carboxylic acids is 1. The van der Waals surface area contributed by atoms with Gasteiger partial charge in [-0.15, -0.1) is 0 Å². The fourth-order valence-corrected chi connectivity index (χ4v) is 4.16. The van der Waals surface area contributed by atoms with Crippen molar-refractivity contribution in [3.05, 3.63) is 18.2 Å². The highest BCUT2D eigenvalue weighted by Gasteiger charge is 2.31. The highest BCUT2D eigenvalue weighted by atomic mass is 16.5. The number of hydrogen-bond acceptors (Lipinski definition) is 5. The fraction of sp³-hybridized carbons (Fsp3) is 0.789. The molecule has 0 aliphatic carbocycles. The number of amides is 1. The predicted octanol–water partition coefficient (Wildman–Crippen LogP) is 0.859. The maximum atomic E-state index is 12.4. The van der Waals surface area contributed by atoms with Crippen LogP contribution in [0, 0.1) is 5.92 Å². The molecule has 1 N–H and O–H groups in total. The number of piperidine rings is 2. The van der Waals surface area contributed by atoms with Crippen LogP contribution in [0.15, 0.2) is 12.4 Å². The number of ether oxygens (including phenoxy) is 1. The van der Waals surface area contributed by atoms with Crippen molar-refractivity contribution in [2.75, 3.05) is 46.4 Å². The van der Waals surface area contributed by atoms with Crippen molar-refractivity contribution in [1.29, 1.82) is 0 Å². The van der Waals surface area contributed by atoms with Gasteiger partial charge in [0.25, 0.3) is 0 Å². The molecule has 0 saturated carbocycles. The second-order valence-electron chi connectivity index (χ2n) is 7.58. The van der Waals surface area contributed by atoms with E-state index in [-0.39, 0.29) is 11.8 Å². The van der Waals surface area contributed by atoms with E-state index in [0.29, 0.717) is 19.2 Å². The Morgan fingerprint density at radius 1 is 1.31 bits per heavy atom. The van der Waals surface area contributed by atoms with Gasteiger partial charge < -0.3 is 14.6 Å². The van der Waals surface area contributed by atoms with Crippen LogP contribution in [0.3, 0.4) is 0 Å². The summed E-state index contributed by atoms with van der Waals surface area (Å²) in [6.07, 6.45) is 8.37. The van der Waals surface area contributed by atoms with E-state index >= 15 is 0 Å². The van der Waals surface area contributed by atoms with E-state index in [4.69, 9.17) is 4.74 Å². The van der Waals surface area contributed by atoms with Crippen molar-refractivity contribution in [3.8, 4) is 0 Å². The minimum absolute atomic E-state index is 0.131. The van der Waals surface area contributed by atoms with E-state index < -0.39 is 0 Å². The summed E-state index contributed by atoms with van der Waals surface area (Å²) in [7, 11) is 3.72. The molecule has 0 spiro atoms. The van der Waals surface area contributed by atoms with Crippen molar-refractivity contribution < 1.29 is 9.53 Å². The van der Waals surface area contributed by atoms with Gasteiger partial charge in [-0.3, -0.25) is 14.6 Å². The molecule has 3 rings (SSSR count). The number of likely N-dealkylation sites (tertiary alicyclic amines) is 2. The van der Waals surface area contributed by atoms with Crippen molar-refractivity contribution in [2.45, 2.75) is 38.3 Å². The number of hydrogen-bond donors (Lipinski definition) is 1. The molecule has 2 aliphatic heterocycles. The highest BCUT2D eigenvalue weighted by Crippen LogP contribution is 2.24. The number of nitrogens with one attached hydrogen (secondary N) is 1. The maximum absolute atomic E-state index is 12.4. The molecule has 26 heavy (non-hydrogen) atoms. The van der Waals surface area contributed by atoms with E-state index in [1.807, 2.05) is 12.4 Å². The average Bonchev–Trinajstić information content (AvgIpc) is 3.07. The molecule has 1 atom stereocenters. The summed E-state index contributed by atoms with van der Waals surface area (Å²) in [6, 6.07) is 0.613. The molecule has 2 fully saturated rings. The zero-order valence-electron chi connectivity index (χ0n) is 16.2. The van der Waals surface area contributed by atoms with Crippen LogP contribution in [0.1, 0.15) is 31.5 Å². The third-order valence-corrected chi connectivity index (χ3v) is 5.79. The minimum Gasteiger partial charge on any atom is -0.383 e. The van der Waals surface area contributed by atoms with Crippen LogP contribution in [0.5, 0.6) is 0 Å². The minimum atomic E-state index is 0.131. The van der Waals surface area contributed by atoms with Gasteiger partial charge in [0.05, 0.1) is 19.1 Å². The van der Waals surface area contributed by atoms with E-state index in [1.165, 1.54) is 12.8 Å².